The maximum Gasteiger partial charge on any atom is 0.326 e. The third kappa shape index (κ3) is 4.03. The molecular weight excluding hydrogens is 249 g/mol. The molecule has 92 valence electrons. The lowest BCUT2D eigenvalue weighted by atomic mass is 10.1. The second kappa shape index (κ2) is 5.63. The number of carbonyl (C=O) groups is 2. The van der Waals surface area contributed by atoms with E-state index in [1.54, 1.807) is 0 Å². The van der Waals surface area contributed by atoms with Gasteiger partial charge in [0, 0.05) is 18.4 Å². The second-order valence-corrected chi connectivity index (χ2v) is 3.97. The van der Waals surface area contributed by atoms with E-state index in [0.717, 1.165) is 6.07 Å². The topological polar surface area (TPSA) is 66.4 Å². The molecule has 6 heteroatoms. The molecule has 1 atom stereocenters. The number of aliphatic carboxylic acids is 1. The Bertz CT molecular complexity index is 450. The van der Waals surface area contributed by atoms with Crippen LogP contribution in [0.3, 0.4) is 0 Å². The lowest BCUT2D eigenvalue weighted by molar-refractivity contribution is -0.141. The monoisotopic (exact) mass is 259 g/mol. The number of nitrogens with one attached hydrogen (secondary N) is 1. The lowest BCUT2D eigenvalue weighted by Crippen LogP contribution is -2.41. The summed E-state index contributed by atoms with van der Waals surface area (Å²) >= 11 is 5.68. The number of carboxylic acids is 1. The van der Waals surface area contributed by atoms with Gasteiger partial charge in [-0.15, -0.1) is 0 Å². The number of rotatable bonds is 4. The van der Waals surface area contributed by atoms with E-state index in [1.807, 2.05) is 0 Å². The van der Waals surface area contributed by atoms with Crippen LogP contribution in [0, 0.1) is 5.82 Å². The molecule has 1 aromatic carbocycles. The van der Waals surface area contributed by atoms with Gasteiger partial charge in [-0.05, 0) is 23.8 Å². The van der Waals surface area contributed by atoms with Crippen LogP contribution in [0.4, 0.5) is 4.39 Å². The smallest absolute Gasteiger partial charge is 0.326 e. The molecule has 0 fully saturated rings. The molecule has 0 aliphatic rings. The molecule has 0 bridgehead atoms. The number of halogens is 2. The van der Waals surface area contributed by atoms with Crippen molar-refractivity contribution >= 4 is 23.5 Å². The van der Waals surface area contributed by atoms with Crippen LogP contribution >= 0.6 is 11.6 Å². The van der Waals surface area contributed by atoms with E-state index >= 15 is 0 Å². The Morgan fingerprint density at radius 1 is 1.53 bits per heavy atom. The highest BCUT2D eigenvalue weighted by Gasteiger charge is 2.20. The Labute approximate surface area is 102 Å². The van der Waals surface area contributed by atoms with E-state index in [-0.39, 0.29) is 12.0 Å². The van der Waals surface area contributed by atoms with Crippen molar-refractivity contribution in [1.82, 2.24) is 5.32 Å². The molecule has 0 radical (unpaired) electrons. The lowest BCUT2D eigenvalue weighted by Gasteiger charge is -2.13. The number of amides is 1. The number of hydrogen-bond acceptors (Lipinski definition) is 2. The van der Waals surface area contributed by atoms with Crippen LogP contribution in [0.5, 0.6) is 0 Å². The molecule has 1 aromatic rings. The summed E-state index contributed by atoms with van der Waals surface area (Å²) in [6.07, 6.45) is -0.151. The van der Waals surface area contributed by atoms with Gasteiger partial charge in [-0.1, -0.05) is 11.6 Å². The molecule has 1 amide bonds. The van der Waals surface area contributed by atoms with Gasteiger partial charge in [-0.3, -0.25) is 4.79 Å². The maximum atomic E-state index is 13.4. The molecule has 0 aliphatic carbocycles. The Hall–Kier alpha value is -1.62. The van der Waals surface area contributed by atoms with Gasteiger partial charge < -0.3 is 10.4 Å². The van der Waals surface area contributed by atoms with Crippen molar-refractivity contribution in [3.05, 3.63) is 34.6 Å². The fourth-order valence-corrected chi connectivity index (χ4v) is 1.56. The summed E-state index contributed by atoms with van der Waals surface area (Å²) in [5.41, 5.74) is 0.152. The molecular formula is C11H11ClFNO3. The van der Waals surface area contributed by atoms with Crippen LogP contribution in [0.25, 0.3) is 0 Å². The van der Waals surface area contributed by atoms with Crippen molar-refractivity contribution in [1.29, 1.82) is 0 Å². The molecule has 0 unspecified atom stereocenters. The van der Waals surface area contributed by atoms with Crippen molar-refractivity contribution in [3.63, 3.8) is 0 Å². The predicted molar refractivity (Wildman–Crippen MR) is 60.4 cm³/mol. The van der Waals surface area contributed by atoms with E-state index in [1.165, 1.54) is 19.1 Å². The van der Waals surface area contributed by atoms with E-state index in [2.05, 4.69) is 5.32 Å². The van der Waals surface area contributed by atoms with Crippen molar-refractivity contribution in [2.24, 2.45) is 0 Å². The van der Waals surface area contributed by atoms with Crippen molar-refractivity contribution in [3.8, 4) is 0 Å². The fraction of sp³-hybridized carbons (Fsp3) is 0.273. The molecule has 4 nitrogen and oxygen atoms in total. The third-order valence-electron chi connectivity index (χ3n) is 2.11. The molecule has 0 heterocycles. The summed E-state index contributed by atoms with van der Waals surface area (Å²) in [4.78, 5) is 21.7. The van der Waals surface area contributed by atoms with E-state index < -0.39 is 23.7 Å². The highest BCUT2D eigenvalue weighted by atomic mass is 35.5. The maximum absolute atomic E-state index is 13.4. The highest BCUT2D eigenvalue weighted by molar-refractivity contribution is 6.30. The Balaban J connectivity index is 2.89. The summed E-state index contributed by atoms with van der Waals surface area (Å²) in [5.74, 6) is -2.26. The van der Waals surface area contributed by atoms with Gasteiger partial charge in [0.25, 0.3) is 0 Å². The Morgan fingerprint density at radius 2 is 2.18 bits per heavy atom. The van der Waals surface area contributed by atoms with Gasteiger partial charge in [0.15, 0.2) is 0 Å². The quantitative estimate of drug-likeness (QED) is 0.863. The van der Waals surface area contributed by atoms with E-state index in [4.69, 9.17) is 16.7 Å². The van der Waals surface area contributed by atoms with Crippen LogP contribution in [0.15, 0.2) is 18.2 Å². The zero-order valence-electron chi connectivity index (χ0n) is 9.04. The summed E-state index contributed by atoms with van der Waals surface area (Å²) in [6.45, 7) is 1.20. The van der Waals surface area contributed by atoms with Gasteiger partial charge >= 0.3 is 5.97 Å². The Kier molecular flexibility index (Phi) is 4.45. The minimum absolute atomic E-state index is 0.151. The van der Waals surface area contributed by atoms with Crippen molar-refractivity contribution in [2.75, 3.05) is 0 Å². The zero-order chi connectivity index (χ0) is 13.0. The largest absolute Gasteiger partial charge is 0.480 e. The molecule has 0 saturated carbocycles. The highest BCUT2D eigenvalue weighted by Crippen LogP contribution is 2.16. The second-order valence-electron chi connectivity index (χ2n) is 3.53. The first kappa shape index (κ1) is 13.4. The first-order valence-electron chi connectivity index (χ1n) is 4.84. The number of carbonyl (C=O) groups excluding carboxylic acids is 1. The predicted octanol–water partition coefficient (Wildman–Crippen LogP) is 1.61. The number of benzene rings is 1. The minimum atomic E-state index is -1.22. The SMILES string of the molecule is CC(=O)N[C@H](Cc1cc(Cl)ccc1F)C(=O)O. The van der Waals surface area contributed by atoms with Gasteiger partial charge in [-0.25, -0.2) is 9.18 Å². The first-order valence-corrected chi connectivity index (χ1v) is 5.21. The van der Waals surface area contributed by atoms with E-state index in [9.17, 15) is 14.0 Å². The molecule has 0 saturated heterocycles. The van der Waals surface area contributed by atoms with Crippen LogP contribution in [0.1, 0.15) is 12.5 Å². The third-order valence-corrected chi connectivity index (χ3v) is 2.34. The van der Waals surface area contributed by atoms with Crippen LogP contribution in [-0.4, -0.2) is 23.0 Å². The zero-order valence-corrected chi connectivity index (χ0v) is 9.79. The fourth-order valence-electron chi connectivity index (χ4n) is 1.37. The van der Waals surface area contributed by atoms with Crippen LogP contribution in [0.2, 0.25) is 5.02 Å². The van der Waals surface area contributed by atoms with Gasteiger partial charge in [0.05, 0.1) is 0 Å². The van der Waals surface area contributed by atoms with Crippen molar-refractivity contribution in [2.45, 2.75) is 19.4 Å². The molecule has 0 aromatic heterocycles. The number of carboxylic acid groups (broad SMARTS) is 1. The molecule has 0 aliphatic heterocycles. The molecule has 0 spiro atoms. The van der Waals surface area contributed by atoms with Gasteiger partial charge in [-0.2, -0.15) is 0 Å². The Morgan fingerprint density at radius 3 is 2.71 bits per heavy atom. The summed E-state index contributed by atoms with van der Waals surface area (Å²) in [6, 6.07) is 2.70. The van der Waals surface area contributed by atoms with E-state index in [0.29, 0.717) is 5.02 Å². The average Bonchev–Trinajstić information content (AvgIpc) is 2.21. The molecule has 1 rings (SSSR count). The first-order chi connectivity index (χ1) is 7.90. The normalized spacial score (nSPS) is 11.9. The van der Waals surface area contributed by atoms with Gasteiger partial charge in [0.1, 0.15) is 11.9 Å². The van der Waals surface area contributed by atoms with Crippen LogP contribution < -0.4 is 5.32 Å². The summed E-state index contributed by atoms with van der Waals surface area (Å²) < 4.78 is 13.4. The standard InChI is InChI=1S/C11H11ClFNO3/c1-6(15)14-10(11(16)17)5-7-4-8(12)2-3-9(7)13/h2-4,10H,5H2,1H3,(H,14,15)(H,16,17)/t10-/m1/s1. The summed E-state index contributed by atoms with van der Waals surface area (Å²) in [7, 11) is 0. The van der Waals surface area contributed by atoms with Gasteiger partial charge in [0.2, 0.25) is 5.91 Å². The molecule has 2 N–H and O–H groups in total. The minimum Gasteiger partial charge on any atom is -0.480 e. The van der Waals surface area contributed by atoms with Crippen LogP contribution in [-0.2, 0) is 16.0 Å². The number of hydrogen-bond donors (Lipinski definition) is 2. The summed E-state index contributed by atoms with van der Waals surface area (Å²) in [5, 5.41) is 11.4. The van der Waals surface area contributed by atoms with Crippen molar-refractivity contribution < 1.29 is 19.1 Å². The average molecular weight is 260 g/mol. The molecule has 17 heavy (non-hydrogen) atoms.